The highest BCUT2D eigenvalue weighted by Gasteiger charge is 2.33. The van der Waals surface area contributed by atoms with Crippen LogP contribution in [0.1, 0.15) is 37.8 Å². The summed E-state index contributed by atoms with van der Waals surface area (Å²) < 4.78 is 16.6. The van der Waals surface area contributed by atoms with Gasteiger partial charge in [0.05, 0.1) is 11.6 Å². The lowest BCUT2D eigenvalue weighted by Gasteiger charge is -2.37. The standard InChI is InChI=1S/C23H21ClN4O3S/c1-3-10-28-13(2)19(20(25-23(28)32)14-4-7-16(24)8-5-14)22-26-21(27-31-22)15-6-9-17-18(11-15)30-12-29-17/h4-9,11,20H,3,10,12H2,1-2H3,(H,25,32). The van der Waals surface area contributed by atoms with E-state index in [1.54, 1.807) is 0 Å². The summed E-state index contributed by atoms with van der Waals surface area (Å²) in [6.45, 7) is 5.15. The van der Waals surface area contributed by atoms with Gasteiger partial charge in [-0.15, -0.1) is 0 Å². The lowest BCUT2D eigenvalue weighted by Crippen LogP contribution is -2.46. The molecule has 0 aliphatic carbocycles. The highest BCUT2D eigenvalue weighted by molar-refractivity contribution is 7.80. The van der Waals surface area contributed by atoms with Crippen molar-refractivity contribution in [3.05, 3.63) is 64.6 Å². The van der Waals surface area contributed by atoms with Crippen LogP contribution in [0.2, 0.25) is 5.02 Å². The summed E-state index contributed by atoms with van der Waals surface area (Å²) >= 11 is 11.8. The molecule has 1 atom stereocenters. The van der Waals surface area contributed by atoms with E-state index in [0.29, 0.717) is 33.3 Å². The molecule has 2 aliphatic rings. The van der Waals surface area contributed by atoms with Crippen LogP contribution in [0, 0.1) is 0 Å². The second-order valence-corrected chi connectivity index (χ2v) is 8.40. The molecule has 3 heterocycles. The Bertz CT molecular complexity index is 1210. The molecule has 0 saturated carbocycles. The lowest BCUT2D eigenvalue weighted by atomic mass is 9.95. The zero-order valence-electron chi connectivity index (χ0n) is 17.6. The molecule has 3 aromatic rings. The van der Waals surface area contributed by atoms with Gasteiger partial charge in [-0.2, -0.15) is 4.98 Å². The summed E-state index contributed by atoms with van der Waals surface area (Å²) in [5, 5.41) is 9.02. The summed E-state index contributed by atoms with van der Waals surface area (Å²) in [4.78, 5) is 6.80. The van der Waals surface area contributed by atoms with E-state index in [2.05, 4.69) is 22.3 Å². The number of allylic oxidation sites excluding steroid dienone is 1. The van der Waals surface area contributed by atoms with Gasteiger partial charge >= 0.3 is 0 Å². The van der Waals surface area contributed by atoms with E-state index < -0.39 is 0 Å². The van der Waals surface area contributed by atoms with E-state index in [-0.39, 0.29) is 12.8 Å². The van der Waals surface area contributed by atoms with Crippen LogP contribution in [0.15, 0.2) is 52.7 Å². The fourth-order valence-corrected chi connectivity index (χ4v) is 4.41. The van der Waals surface area contributed by atoms with E-state index in [1.165, 1.54) is 0 Å². The molecule has 2 aromatic carbocycles. The van der Waals surface area contributed by atoms with Gasteiger partial charge < -0.3 is 24.2 Å². The van der Waals surface area contributed by atoms with Gasteiger partial charge in [-0.1, -0.05) is 35.8 Å². The molecule has 0 fully saturated rings. The first-order chi connectivity index (χ1) is 15.5. The van der Waals surface area contributed by atoms with Crippen molar-refractivity contribution in [2.24, 2.45) is 0 Å². The predicted octanol–water partition coefficient (Wildman–Crippen LogP) is 5.19. The molecule has 0 spiro atoms. The third kappa shape index (κ3) is 3.69. The second-order valence-electron chi connectivity index (χ2n) is 7.58. The Labute approximate surface area is 196 Å². The van der Waals surface area contributed by atoms with Crippen molar-refractivity contribution in [2.75, 3.05) is 13.3 Å². The Morgan fingerprint density at radius 2 is 1.94 bits per heavy atom. The largest absolute Gasteiger partial charge is 0.454 e. The maximum absolute atomic E-state index is 6.11. The summed E-state index contributed by atoms with van der Waals surface area (Å²) in [6.07, 6.45) is 0.949. The van der Waals surface area contributed by atoms with E-state index in [4.69, 9.17) is 42.8 Å². The quantitative estimate of drug-likeness (QED) is 0.513. The minimum Gasteiger partial charge on any atom is -0.454 e. The average Bonchev–Trinajstić information content (AvgIpc) is 3.46. The number of benzene rings is 2. The maximum Gasteiger partial charge on any atom is 0.258 e. The fraction of sp³-hybridized carbons (Fsp3) is 0.261. The SMILES string of the molecule is CCCN1C(=S)NC(c2ccc(Cl)cc2)C(c2nc(-c3ccc4c(c3)OCO4)no2)=C1C. The van der Waals surface area contributed by atoms with Gasteiger partial charge in [0.1, 0.15) is 0 Å². The molecule has 1 unspecified atom stereocenters. The number of rotatable bonds is 5. The smallest absolute Gasteiger partial charge is 0.258 e. The molecule has 0 radical (unpaired) electrons. The molecule has 5 rings (SSSR count). The van der Waals surface area contributed by atoms with E-state index in [0.717, 1.165) is 35.4 Å². The molecule has 0 saturated heterocycles. The van der Waals surface area contributed by atoms with Crippen molar-refractivity contribution in [1.82, 2.24) is 20.4 Å². The summed E-state index contributed by atoms with van der Waals surface area (Å²) in [5.41, 5.74) is 3.66. The first-order valence-electron chi connectivity index (χ1n) is 10.3. The molecule has 164 valence electrons. The highest BCUT2D eigenvalue weighted by atomic mass is 35.5. The molecular formula is C23H21ClN4O3S. The van der Waals surface area contributed by atoms with Crippen molar-refractivity contribution in [3.63, 3.8) is 0 Å². The Kier molecular flexibility index (Phi) is 5.48. The molecule has 9 heteroatoms. The van der Waals surface area contributed by atoms with Crippen molar-refractivity contribution < 1.29 is 14.0 Å². The van der Waals surface area contributed by atoms with Crippen molar-refractivity contribution >= 4 is 34.5 Å². The van der Waals surface area contributed by atoms with Crippen molar-refractivity contribution in [2.45, 2.75) is 26.3 Å². The first-order valence-corrected chi connectivity index (χ1v) is 11.1. The second kappa shape index (κ2) is 8.44. The fourth-order valence-electron chi connectivity index (χ4n) is 3.94. The number of nitrogens with zero attached hydrogens (tertiary/aromatic N) is 3. The molecule has 2 aliphatic heterocycles. The molecule has 1 aromatic heterocycles. The lowest BCUT2D eigenvalue weighted by molar-refractivity contribution is 0.174. The Morgan fingerprint density at radius 3 is 2.72 bits per heavy atom. The Hall–Kier alpha value is -3.10. The summed E-state index contributed by atoms with van der Waals surface area (Å²) in [5.74, 6) is 2.29. The number of ether oxygens (including phenoxy) is 2. The van der Waals surface area contributed by atoms with Crippen molar-refractivity contribution in [1.29, 1.82) is 0 Å². The van der Waals surface area contributed by atoms with Crippen LogP contribution in [0.3, 0.4) is 0 Å². The number of nitrogens with one attached hydrogen (secondary N) is 1. The molecular weight excluding hydrogens is 448 g/mol. The van der Waals surface area contributed by atoms with Crippen LogP contribution < -0.4 is 14.8 Å². The zero-order valence-corrected chi connectivity index (χ0v) is 19.2. The minimum atomic E-state index is -0.238. The number of fused-ring (bicyclic) bond motifs is 1. The molecule has 0 bridgehead atoms. The van der Waals surface area contributed by atoms with Crippen LogP contribution in [0.5, 0.6) is 11.5 Å². The third-order valence-corrected chi connectivity index (χ3v) is 6.12. The summed E-state index contributed by atoms with van der Waals surface area (Å²) in [6, 6.07) is 13.0. The van der Waals surface area contributed by atoms with E-state index >= 15 is 0 Å². The summed E-state index contributed by atoms with van der Waals surface area (Å²) in [7, 11) is 0. The number of aromatic nitrogens is 2. The molecule has 32 heavy (non-hydrogen) atoms. The number of halogens is 1. The molecule has 1 N–H and O–H groups in total. The molecule has 0 amide bonds. The van der Waals surface area contributed by atoms with Gasteiger partial charge in [-0.05, 0) is 61.5 Å². The Balaban J connectivity index is 1.57. The number of thiocarbonyl (C=S) groups is 1. The van der Waals surface area contributed by atoms with Crippen LogP contribution in [0.4, 0.5) is 0 Å². The van der Waals surface area contributed by atoms with Gasteiger partial charge in [0.2, 0.25) is 12.6 Å². The minimum absolute atomic E-state index is 0.212. The van der Waals surface area contributed by atoms with Crippen molar-refractivity contribution in [3.8, 4) is 22.9 Å². The van der Waals surface area contributed by atoms with Gasteiger partial charge in [0.25, 0.3) is 5.89 Å². The van der Waals surface area contributed by atoms with Gasteiger partial charge in [0.15, 0.2) is 16.6 Å². The first kappa shape index (κ1) is 20.8. The van der Waals surface area contributed by atoms with Crippen LogP contribution in [-0.2, 0) is 0 Å². The monoisotopic (exact) mass is 468 g/mol. The predicted molar refractivity (Wildman–Crippen MR) is 125 cm³/mol. The van der Waals surface area contributed by atoms with E-state index in [9.17, 15) is 0 Å². The Morgan fingerprint density at radius 1 is 1.16 bits per heavy atom. The zero-order chi connectivity index (χ0) is 22.2. The van der Waals surface area contributed by atoms with Crippen LogP contribution in [-0.4, -0.2) is 33.5 Å². The normalized spacial score (nSPS) is 17.7. The molecule has 7 nitrogen and oxygen atoms in total. The maximum atomic E-state index is 6.11. The van der Waals surface area contributed by atoms with Crippen LogP contribution >= 0.6 is 23.8 Å². The topological polar surface area (TPSA) is 72.7 Å². The van der Waals surface area contributed by atoms with E-state index in [1.807, 2.05) is 49.4 Å². The highest BCUT2D eigenvalue weighted by Crippen LogP contribution is 2.39. The number of hydrogen-bond donors (Lipinski definition) is 1. The average molecular weight is 469 g/mol. The van der Waals surface area contributed by atoms with Gasteiger partial charge in [0, 0.05) is 22.8 Å². The third-order valence-electron chi connectivity index (χ3n) is 5.53. The number of hydrogen-bond acceptors (Lipinski definition) is 6. The van der Waals surface area contributed by atoms with Gasteiger partial charge in [-0.25, -0.2) is 0 Å². The van der Waals surface area contributed by atoms with Gasteiger partial charge in [-0.3, -0.25) is 0 Å². The van der Waals surface area contributed by atoms with Crippen LogP contribution in [0.25, 0.3) is 17.0 Å².